The molecule has 0 aromatic heterocycles. The van der Waals surface area contributed by atoms with Crippen molar-refractivity contribution < 1.29 is 14.7 Å². The van der Waals surface area contributed by atoms with Crippen LogP contribution in [-0.2, 0) is 9.59 Å². The van der Waals surface area contributed by atoms with Crippen molar-refractivity contribution >= 4 is 40.8 Å². The minimum Gasteiger partial charge on any atom is -0.481 e. The fraction of sp³-hybridized carbons (Fsp3) is 0.500. The van der Waals surface area contributed by atoms with E-state index in [9.17, 15) is 14.7 Å². The second-order valence-corrected chi connectivity index (χ2v) is 7.15. The monoisotopic (exact) mass is 356 g/mol. The molecule has 2 N–H and O–H groups in total. The zero-order valence-corrected chi connectivity index (χ0v) is 14.0. The normalized spacial score (nSPS) is 27.0. The Hall–Kier alpha value is -1.30. The van der Waals surface area contributed by atoms with Crippen LogP contribution < -0.4 is 5.32 Å². The molecule has 23 heavy (non-hydrogen) atoms. The highest BCUT2D eigenvalue weighted by Gasteiger charge is 2.54. The number of likely N-dealkylation sites (tertiary alicyclic amines) is 1. The first kappa shape index (κ1) is 16.6. The summed E-state index contributed by atoms with van der Waals surface area (Å²) in [6.07, 6.45) is 2.57. The van der Waals surface area contributed by atoms with Gasteiger partial charge in [-0.3, -0.25) is 14.5 Å². The van der Waals surface area contributed by atoms with Crippen LogP contribution in [0.5, 0.6) is 0 Å². The van der Waals surface area contributed by atoms with Gasteiger partial charge in [-0.2, -0.15) is 0 Å². The van der Waals surface area contributed by atoms with Gasteiger partial charge in [0, 0.05) is 13.1 Å². The van der Waals surface area contributed by atoms with Gasteiger partial charge >= 0.3 is 5.97 Å². The summed E-state index contributed by atoms with van der Waals surface area (Å²) in [4.78, 5) is 25.8. The second-order valence-electron chi connectivity index (χ2n) is 6.37. The molecule has 124 valence electrons. The fourth-order valence-electron chi connectivity index (χ4n) is 3.86. The zero-order chi connectivity index (χ0) is 16.6. The molecule has 7 heteroatoms. The van der Waals surface area contributed by atoms with Gasteiger partial charge in [0.15, 0.2) is 0 Å². The van der Waals surface area contributed by atoms with E-state index in [0.29, 0.717) is 35.2 Å². The van der Waals surface area contributed by atoms with E-state index >= 15 is 0 Å². The van der Waals surface area contributed by atoms with E-state index in [2.05, 4.69) is 5.32 Å². The lowest BCUT2D eigenvalue weighted by molar-refractivity contribution is -0.149. The van der Waals surface area contributed by atoms with Crippen molar-refractivity contribution in [1.29, 1.82) is 0 Å². The fourth-order valence-corrected chi connectivity index (χ4v) is 4.20. The van der Waals surface area contributed by atoms with Crippen molar-refractivity contribution in [2.75, 3.05) is 25.0 Å². The third-order valence-electron chi connectivity index (χ3n) is 4.96. The molecular formula is C16H18Cl2N2O3. The number of halogens is 2. The largest absolute Gasteiger partial charge is 0.481 e. The number of nitrogens with one attached hydrogen (secondary N) is 1. The topological polar surface area (TPSA) is 69.6 Å². The number of hydrogen-bond acceptors (Lipinski definition) is 3. The number of carboxylic acids is 1. The number of fused-ring (bicyclic) bond motifs is 1. The predicted molar refractivity (Wildman–Crippen MR) is 88.9 cm³/mol. The van der Waals surface area contributed by atoms with Crippen molar-refractivity contribution in [3.05, 3.63) is 28.2 Å². The molecule has 1 aliphatic heterocycles. The summed E-state index contributed by atoms with van der Waals surface area (Å²) >= 11 is 12.0. The number of anilines is 1. The first-order chi connectivity index (χ1) is 10.9. The van der Waals surface area contributed by atoms with E-state index in [1.807, 2.05) is 4.90 Å². The van der Waals surface area contributed by atoms with Gasteiger partial charge in [0.25, 0.3) is 0 Å². The first-order valence-electron chi connectivity index (χ1n) is 7.62. The van der Waals surface area contributed by atoms with Crippen LogP contribution in [0.15, 0.2) is 18.2 Å². The third-order valence-corrected chi connectivity index (χ3v) is 5.78. The maximum Gasteiger partial charge on any atom is 0.311 e. The van der Waals surface area contributed by atoms with Gasteiger partial charge < -0.3 is 10.4 Å². The molecule has 1 aromatic carbocycles. The Morgan fingerprint density at radius 3 is 2.87 bits per heavy atom. The molecule has 1 amide bonds. The summed E-state index contributed by atoms with van der Waals surface area (Å²) in [6.45, 7) is 1.25. The van der Waals surface area contributed by atoms with Crippen molar-refractivity contribution in [1.82, 2.24) is 4.90 Å². The Balaban J connectivity index is 1.63. The summed E-state index contributed by atoms with van der Waals surface area (Å²) in [7, 11) is 0. The lowest BCUT2D eigenvalue weighted by Gasteiger charge is -2.23. The summed E-state index contributed by atoms with van der Waals surface area (Å²) in [6, 6.07) is 5.05. The van der Waals surface area contributed by atoms with Gasteiger partial charge in [-0.05, 0) is 30.9 Å². The molecule has 1 saturated heterocycles. The molecule has 0 unspecified atom stereocenters. The quantitative estimate of drug-likeness (QED) is 0.869. The van der Waals surface area contributed by atoms with E-state index in [0.717, 1.165) is 12.8 Å². The molecule has 1 heterocycles. The smallest absolute Gasteiger partial charge is 0.311 e. The van der Waals surface area contributed by atoms with Crippen LogP contribution in [0.3, 0.4) is 0 Å². The third kappa shape index (κ3) is 3.05. The SMILES string of the molecule is O=C(CN1C[C@@H]2CCC[C@@]2(C(=O)O)C1)Nc1cccc(Cl)c1Cl. The maximum atomic E-state index is 12.2. The molecule has 0 radical (unpaired) electrons. The highest BCUT2D eigenvalue weighted by molar-refractivity contribution is 6.44. The van der Waals surface area contributed by atoms with E-state index < -0.39 is 11.4 Å². The molecule has 0 bridgehead atoms. The number of amides is 1. The van der Waals surface area contributed by atoms with E-state index in [1.54, 1.807) is 18.2 Å². The number of aliphatic carboxylic acids is 1. The van der Waals surface area contributed by atoms with Gasteiger partial charge in [-0.15, -0.1) is 0 Å². The zero-order valence-electron chi connectivity index (χ0n) is 12.5. The minimum absolute atomic E-state index is 0.141. The van der Waals surface area contributed by atoms with Crippen LogP contribution in [0.1, 0.15) is 19.3 Å². The van der Waals surface area contributed by atoms with Crippen molar-refractivity contribution in [3.63, 3.8) is 0 Å². The Bertz CT molecular complexity index is 652. The number of benzene rings is 1. The number of nitrogens with zero attached hydrogens (tertiary/aromatic N) is 1. The summed E-state index contributed by atoms with van der Waals surface area (Å²) in [5, 5.41) is 13.0. The summed E-state index contributed by atoms with van der Waals surface area (Å²) in [5.41, 5.74) is -0.204. The van der Waals surface area contributed by atoms with Crippen LogP contribution in [0.25, 0.3) is 0 Å². The highest BCUT2D eigenvalue weighted by atomic mass is 35.5. The van der Waals surface area contributed by atoms with Crippen molar-refractivity contribution in [2.45, 2.75) is 19.3 Å². The first-order valence-corrected chi connectivity index (χ1v) is 8.37. The molecule has 2 aliphatic rings. The molecule has 0 spiro atoms. The number of carbonyl (C=O) groups is 2. The second kappa shape index (κ2) is 6.30. The van der Waals surface area contributed by atoms with Gasteiger partial charge in [-0.25, -0.2) is 0 Å². The van der Waals surface area contributed by atoms with Crippen LogP contribution >= 0.6 is 23.2 Å². The van der Waals surface area contributed by atoms with Crippen LogP contribution in [0.4, 0.5) is 5.69 Å². The maximum absolute atomic E-state index is 12.2. The molecule has 1 aromatic rings. The molecule has 2 atom stereocenters. The highest BCUT2D eigenvalue weighted by Crippen LogP contribution is 2.48. The Labute approximate surface area is 144 Å². The van der Waals surface area contributed by atoms with Crippen LogP contribution in [0.2, 0.25) is 10.0 Å². The van der Waals surface area contributed by atoms with Crippen LogP contribution in [-0.4, -0.2) is 41.5 Å². The predicted octanol–water partition coefficient (Wildman–Crippen LogP) is 3.12. The Morgan fingerprint density at radius 1 is 1.39 bits per heavy atom. The molecule has 2 fully saturated rings. The van der Waals surface area contributed by atoms with Gasteiger partial charge in [0.1, 0.15) is 0 Å². The number of rotatable bonds is 4. The van der Waals surface area contributed by atoms with E-state index in [4.69, 9.17) is 23.2 Å². The standard InChI is InChI=1S/C16H18Cl2N2O3/c17-11-4-1-5-12(14(11)18)19-13(21)8-20-7-10-3-2-6-16(10,9-20)15(22)23/h1,4-5,10H,2-3,6-9H2,(H,19,21)(H,22,23)/t10-,16+/m0/s1. The molecule has 3 rings (SSSR count). The van der Waals surface area contributed by atoms with Gasteiger partial charge in [-0.1, -0.05) is 35.7 Å². The Morgan fingerprint density at radius 2 is 2.17 bits per heavy atom. The van der Waals surface area contributed by atoms with Crippen LogP contribution in [0, 0.1) is 11.3 Å². The summed E-state index contributed by atoms with van der Waals surface area (Å²) < 4.78 is 0. The number of carbonyl (C=O) groups excluding carboxylic acids is 1. The molecular weight excluding hydrogens is 339 g/mol. The lowest BCUT2D eigenvalue weighted by Crippen LogP contribution is -2.37. The number of carboxylic acid groups (broad SMARTS) is 1. The molecule has 5 nitrogen and oxygen atoms in total. The average molecular weight is 357 g/mol. The Kier molecular flexibility index (Phi) is 4.54. The van der Waals surface area contributed by atoms with Crippen molar-refractivity contribution in [2.24, 2.45) is 11.3 Å². The summed E-state index contributed by atoms with van der Waals surface area (Å²) in [5.74, 6) is -0.807. The lowest BCUT2D eigenvalue weighted by atomic mass is 9.81. The van der Waals surface area contributed by atoms with E-state index in [-0.39, 0.29) is 18.4 Å². The van der Waals surface area contributed by atoms with Gasteiger partial charge in [0.2, 0.25) is 5.91 Å². The average Bonchev–Trinajstić information content (AvgIpc) is 3.01. The van der Waals surface area contributed by atoms with E-state index in [1.165, 1.54) is 0 Å². The number of hydrogen-bond donors (Lipinski definition) is 2. The van der Waals surface area contributed by atoms with Crippen molar-refractivity contribution in [3.8, 4) is 0 Å². The molecule has 1 saturated carbocycles. The molecule has 1 aliphatic carbocycles. The minimum atomic E-state index is -0.735. The van der Waals surface area contributed by atoms with Gasteiger partial charge in [0.05, 0.1) is 27.7 Å².